The molecule has 0 aliphatic rings. The highest BCUT2D eigenvalue weighted by Crippen LogP contribution is 2.14. The fourth-order valence-corrected chi connectivity index (χ4v) is 2.96. The Morgan fingerprint density at radius 3 is 2.29 bits per heavy atom. The van der Waals surface area contributed by atoms with Gasteiger partial charge in [0.15, 0.2) is 0 Å². The van der Waals surface area contributed by atoms with Crippen molar-refractivity contribution in [3.8, 4) is 0 Å². The standard InChI is InChI=1S/C9H21NO6Si/c1-13-17(14-2,15-3)8-4-5-10-9(12)16-7-6-11/h11H,4-8H2,1-3H3,(H,10,12). The monoisotopic (exact) mass is 267 g/mol. The summed E-state index contributed by atoms with van der Waals surface area (Å²) in [5.41, 5.74) is 0. The molecule has 0 aliphatic heterocycles. The minimum absolute atomic E-state index is 0.00126. The minimum atomic E-state index is -2.55. The second-order valence-corrected chi connectivity index (χ2v) is 6.28. The molecule has 7 nitrogen and oxygen atoms in total. The van der Waals surface area contributed by atoms with Gasteiger partial charge in [0.25, 0.3) is 0 Å². The Balaban J connectivity index is 3.71. The van der Waals surface area contributed by atoms with Gasteiger partial charge in [0.05, 0.1) is 6.61 Å². The Morgan fingerprint density at radius 2 is 1.82 bits per heavy atom. The lowest BCUT2D eigenvalue weighted by molar-refractivity contribution is 0.116. The van der Waals surface area contributed by atoms with Crippen LogP contribution in [0, 0.1) is 0 Å². The van der Waals surface area contributed by atoms with Crippen LogP contribution >= 0.6 is 0 Å². The van der Waals surface area contributed by atoms with E-state index < -0.39 is 14.9 Å². The number of hydrogen-bond donors (Lipinski definition) is 2. The van der Waals surface area contributed by atoms with Gasteiger partial charge in [-0.1, -0.05) is 0 Å². The van der Waals surface area contributed by atoms with Crippen LogP contribution in [0.25, 0.3) is 0 Å². The van der Waals surface area contributed by atoms with Crippen LogP contribution in [0.3, 0.4) is 0 Å². The largest absolute Gasteiger partial charge is 0.500 e. The second-order valence-electron chi connectivity index (χ2n) is 3.19. The van der Waals surface area contributed by atoms with Crippen molar-refractivity contribution in [1.29, 1.82) is 0 Å². The van der Waals surface area contributed by atoms with Crippen molar-refractivity contribution in [2.24, 2.45) is 0 Å². The molecule has 0 aromatic carbocycles. The van der Waals surface area contributed by atoms with Crippen LogP contribution in [0.1, 0.15) is 6.42 Å². The van der Waals surface area contributed by atoms with Crippen molar-refractivity contribution in [2.45, 2.75) is 12.5 Å². The molecule has 0 radical (unpaired) electrons. The van der Waals surface area contributed by atoms with E-state index >= 15 is 0 Å². The van der Waals surface area contributed by atoms with Gasteiger partial charge in [0.2, 0.25) is 0 Å². The third-order valence-corrected chi connectivity index (χ3v) is 5.02. The average molecular weight is 267 g/mol. The number of aliphatic hydroxyl groups excluding tert-OH is 1. The molecule has 0 bridgehead atoms. The maximum Gasteiger partial charge on any atom is 0.500 e. The van der Waals surface area contributed by atoms with Crippen LogP contribution in [0.15, 0.2) is 0 Å². The lowest BCUT2D eigenvalue weighted by Gasteiger charge is -2.24. The first-order valence-electron chi connectivity index (χ1n) is 5.31. The molecule has 0 rings (SSSR count). The van der Waals surface area contributed by atoms with Crippen LogP contribution in [-0.2, 0) is 18.0 Å². The Morgan fingerprint density at radius 1 is 1.24 bits per heavy atom. The van der Waals surface area contributed by atoms with Gasteiger partial charge in [0, 0.05) is 33.9 Å². The normalized spacial score (nSPS) is 11.3. The lowest BCUT2D eigenvalue weighted by atomic mass is 10.5. The summed E-state index contributed by atoms with van der Waals surface area (Å²) in [4.78, 5) is 11.0. The summed E-state index contributed by atoms with van der Waals surface area (Å²) < 4.78 is 20.3. The van der Waals surface area contributed by atoms with Gasteiger partial charge in [-0.25, -0.2) is 4.79 Å². The summed E-state index contributed by atoms with van der Waals surface area (Å²) in [6.45, 7) is 0.258. The molecular formula is C9H21NO6Si. The van der Waals surface area contributed by atoms with Crippen LogP contribution in [0.4, 0.5) is 4.79 Å². The van der Waals surface area contributed by atoms with Crippen molar-refractivity contribution in [2.75, 3.05) is 41.1 Å². The number of nitrogens with one attached hydrogen (secondary N) is 1. The number of ether oxygens (including phenoxy) is 1. The first-order valence-corrected chi connectivity index (χ1v) is 7.24. The molecule has 1 amide bonds. The van der Waals surface area contributed by atoms with Gasteiger partial charge in [-0.05, 0) is 6.42 Å². The van der Waals surface area contributed by atoms with E-state index in [-0.39, 0.29) is 13.2 Å². The highest BCUT2D eigenvalue weighted by molar-refractivity contribution is 6.60. The van der Waals surface area contributed by atoms with Gasteiger partial charge >= 0.3 is 14.9 Å². The molecule has 0 unspecified atom stereocenters. The van der Waals surface area contributed by atoms with Gasteiger partial charge in [-0.3, -0.25) is 0 Å². The lowest BCUT2D eigenvalue weighted by Crippen LogP contribution is -2.43. The fraction of sp³-hybridized carbons (Fsp3) is 0.889. The van der Waals surface area contributed by atoms with E-state index in [1.165, 1.54) is 0 Å². The predicted octanol–water partition coefficient (Wildman–Crippen LogP) is -0.0269. The number of alkyl carbamates (subject to hydrolysis) is 1. The topological polar surface area (TPSA) is 86.3 Å². The average Bonchev–Trinajstić information content (AvgIpc) is 2.37. The molecule has 0 saturated heterocycles. The smallest absolute Gasteiger partial charge is 0.447 e. The Labute approximate surface area is 102 Å². The summed E-state index contributed by atoms with van der Waals surface area (Å²) in [5.74, 6) is 0. The molecule has 102 valence electrons. The van der Waals surface area contributed by atoms with E-state index in [2.05, 4.69) is 10.1 Å². The molecule has 17 heavy (non-hydrogen) atoms. The van der Waals surface area contributed by atoms with E-state index in [0.29, 0.717) is 19.0 Å². The molecule has 0 atom stereocenters. The van der Waals surface area contributed by atoms with E-state index in [1.807, 2.05) is 0 Å². The summed E-state index contributed by atoms with van der Waals surface area (Å²) in [6, 6.07) is 0.608. The number of aliphatic hydroxyl groups is 1. The first kappa shape index (κ1) is 16.3. The zero-order chi connectivity index (χ0) is 13.1. The maximum absolute atomic E-state index is 11.0. The van der Waals surface area contributed by atoms with Crippen LogP contribution in [-0.4, -0.2) is 61.1 Å². The third-order valence-electron chi connectivity index (χ3n) is 2.19. The highest BCUT2D eigenvalue weighted by Gasteiger charge is 2.36. The van der Waals surface area contributed by atoms with Crippen LogP contribution in [0.2, 0.25) is 6.04 Å². The number of amides is 1. The Bertz CT molecular complexity index is 203. The Hall–Kier alpha value is -0.673. The van der Waals surface area contributed by atoms with Gasteiger partial charge in [0.1, 0.15) is 6.61 Å². The SMILES string of the molecule is CO[Si](CCCNC(=O)OCCO)(OC)OC. The summed E-state index contributed by atoms with van der Waals surface area (Å²) in [5, 5.41) is 11.0. The molecule has 0 fully saturated rings. The summed E-state index contributed by atoms with van der Waals surface area (Å²) >= 11 is 0. The van der Waals surface area contributed by atoms with Crippen molar-refractivity contribution in [3.05, 3.63) is 0 Å². The number of carbonyl (C=O) groups excluding carboxylic acids is 1. The molecule has 8 heteroatoms. The molecule has 0 aromatic rings. The molecule has 0 aromatic heterocycles. The third kappa shape index (κ3) is 6.59. The molecular weight excluding hydrogens is 246 g/mol. The second kappa shape index (κ2) is 9.37. The van der Waals surface area contributed by atoms with Gasteiger partial charge in [-0.15, -0.1) is 0 Å². The number of carbonyl (C=O) groups is 1. The van der Waals surface area contributed by atoms with E-state index in [0.717, 1.165) is 0 Å². The van der Waals surface area contributed by atoms with Crippen LogP contribution < -0.4 is 5.32 Å². The molecule has 2 N–H and O–H groups in total. The predicted molar refractivity (Wildman–Crippen MR) is 62.6 cm³/mol. The van der Waals surface area contributed by atoms with Gasteiger partial charge < -0.3 is 28.4 Å². The molecule has 0 spiro atoms. The van der Waals surface area contributed by atoms with Crippen molar-refractivity contribution in [3.63, 3.8) is 0 Å². The Kier molecular flexibility index (Phi) is 9.00. The van der Waals surface area contributed by atoms with E-state index in [4.69, 9.17) is 18.4 Å². The molecule has 0 heterocycles. The quantitative estimate of drug-likeness (QED) is 0.451. The maximum atomic E-state index is 11.0. The molecule has 0 saturated carbocycles. The van der Waals surface area contributed by atoms with Crippen molar-refractivity contribution >= 4 is 14.9 Å². The number of rotatable bonds is 9. The summed E-state index contributed by atoms with van der Waals surface area (Å²) in [7, 11) is 2.08. The van der Waals surface area contributed by atoms with E-state index in [9.17, 15) is 4.79 Å². The zero-order valence-corrected chi connectivity index (χ0v) is 11.5. The first-order chi connectivity index (χ1) is 8.14. The van der Waals surface area contributed by atoms with Crippen molar-refractivity contribution < 1.29 is 27.9 Å². The minimum Gasteiger partial charge on any atom is -0.447 e. The van der Waals surface area contributed by atoms with Crippen LogP contribution in [0.5, 0.6) is 0 Å². The highest BCUT2D eigenvalue weighted by atomic mass is 28.4. The fourth-order valence-electron chi connectivity index (χ4n) is 1.24. The molecule has 0 aliphatic carbocycles. The zero-order valence-electron chi connectivity index (χ0n) is 10.5. The summed E-state index contributed by atoms with van der Waals surface area (Å²) in [6.07, 6.45) is 0.120. The van der Waals surface area contributed by atoms with E-state index in [1.54, 1.807) is 21.3 Å². The van der Waals surface area contributed by atoms with Crippen molar-refractivity contribution in [1.82, 2.24) is 5.32 Å². The number of hydrogen-bond acceptors (Lipinski definition) is 6. The van der Waals surface area contributed by atoms with Gasteiger partial charge in [-0.2, -0.15) is 0 Å².